The van der Waals surface area contributed by atoms with Crippen molar-refractivity contribution in [3.8, 4) is 0 Å². The fraction of sp³-hybridized carbons (Fsp3) is 0.593. The van der Waals surface area contributed by atoms with Gasteiger partial charge in [0.05, 0.1) is 13.0 Å². The van der Waals surface area contributed by atoms with Gasteiger partial charge in [-0.25, -0.2) is 9.59 Å². The van der Waals surface area contributed by atoms with E-state index in [1.165, 1.54) is 13.8 Å². The van der Waals surface area contributed by atoms with E-state index in [2.05, 4.69) is 17.9 Å². The van der Waals surface area contributed by atoms with Crippen LogP contribution in [-0.4, -0.2) is 68.4 Å². The van der Waals surface area contributed by atoms with Gasteiger partial charge in [0.2, 0.25) is 11.6 Å². The normalized spacial score (nSPS) is 12.0. The Morgan fingerprint density at radius 2 is 1.38 bits per heavy atom. The number of hydrogen-bond acceptors (Lipinski definition) is 10. The van der Waals surface area contributed by atoms with Crippen molar-refractivity contribution in [2.45, 2.75) is 85.5 Å². The lowest BCUT2D eigenvalue weighted by Crippen LogP contribution is -2.44. The first-order valence-electron chi connectivity index (χ1n) is 12.3. The van der Waals surface area contributed by atoms with Gasteiger partial charge in [-0.15, -0.1) is 0 Å². The molecule has 2 N–H and O–H groups in total. The maximum Gasteiger partial charge on any atom is 0.381 e. The summed E-state index contributed by atoms with van der Waals surface area (Å²) in [6, 6.07) is 0. The van der Waals surface area contributed by atoms with Gasteiger partial charge in [0.15, 0.2) is 5.78 Å². The molecule has 0 saturated heterocycles. The molecule has 0 aromatic carbocycles. The minimum Gasteiger partial charge on any atom is -0.396 e. The molecule has 39 heavy (non-hydrogen) atoms. The molecule has 0 fully saturated rings. The molecule has 0 saturated carbocycles. The zero-order valence-electron chi connectivity index (χ0n) is 23.2. The van der Waals surface area contributed by atoms with Crippen LogP contribution in [-0.2, 0) is 38.2 Å². The van der Waals surface area contributed by atoms with E-state index in [1.807, 2.05) is 6.92 Å². The molecule has 216 valence electrons. The van der Waals surface area contributed by atoms with Crippen LogP contribution in [0.5, 0.6) is 0 Å². The fourth-order valence-electron chi connectivity index (χ4n) is 3.72. The number of Topliss-reactive ketones (excluding diaryl/α,β-unsaturated/α-hetero) is 4. The summed E-state index contributed by atoms with van der Waals surface area (Å²) in [5, 5.41) is 19.3. The molecule has 0 aliphatic rings. The molecule has 0 heterocycles. The first-order valence-corrected chi connectivity index (χ1v) is 12.3. The zero-order chi connectivity index (χ0) is 30.6. The molecule has 0 aliphatic carbocycles. The van der Waals surface area contributed by atoms with Crippen molar-refractivity contribution < 1.29 is 53.2 Å². The second kappa shape index (κ2) is 15.7. The number of aliphatic hydroxyl groups is 2. The molecule has 12 nitrogen and oxygen atoms in total. The van der Waals surface area contributed by atoms with Gasteiger partial charge in [0.25, 0.3) is 0 Å². The standard InChI is InChI=1S/C27H38N2O10/c1-16(2)24(35)38-27(37,39-25(36)17(3)4)15-22(33)23(34)19(29-28)14-26(6,7)13-18(5)9-8-10-20(31)21(32)11-12-30/h18,30,37H,1,3,8-15H2,2,4-7H3. The van der Waals surface area contributed by atoms with E-state index in [0.29, 0.717) is 19.3 Å². The number of ether oxygens (including phenoxy) is 2. The van der Waals surface area contributed by atoms with Crippen LogP contribution in [0.2, 0.25) is 0 Å². The molecule has 1 unspecified atom stereocenters. The minimum absolute atomic E-state index is 0.0275. The Kier molecular flexibility index (Phi) is 14.3. The molecule has 0 aromatic rings. The average Bonchev–Trinajstić information content (AvgIpc) is 2.81. The number of rotatable bonds is 19. The first kappa shape index (κ1) is 35.4. The Balaban J connectivity index is 5.35. The topological polar surface area (TPSA) is 198 Å². The zero-order valence-corrected chi connectivity index (χ0v) is 23.2. The third-order valence-corrected chi connectivity index (χ3v) is 5.52. The molecule has 12 heteroatoms. The van der Waals surface area contributed by atoms with E-state index < -0.39 is 58.6 Å². The van der Waals surface area contributed by atoms with Gasteiger partial charge in [-0.3, -0.25) is 19.2 Å². The van der Waals surface area contributed by atoms with Crippen LogP contribution in [0.25, 0.3) is 5.53 Å². The molecule has 1 atom stereocenters. The summed E-state index contributed by atoms with van der Waals surface area (Å²) < 4.78 is 9.38. The van der Waals surface area contributed by atoms with Crippen LogP contribution in [0, 0.1) is 11.3 Å². The van der Waals surface area contributed by atoms with E-state index >= 15 is 0 Å². The Bertz CT molecular complexity index is 1040. The summed E-state index contributed by atoms with van der Waals surface area (Å²) in [5.74, 6) is -9.31. The third-order valence-electron chi connectivity index (χ3n) is 5.52. The van der Waals surface area contributed by atoms with Crippen LogP contribution in [0.4, 0.5) is 0 Å². The predicted octanol–water partition coefficient (Wildman–Crippen LogP) is 2.20. The second-order valence-corrected chi connectivity index (χ2v) is 10.4. The molecule has 0 rings (SSSR count). The van der Waals surface area contributed by atoms with E-state index in [-0.39, 0.29) is 42.9 Å². The Morgan fingerprint density at radius 1 is 0.897 bits per heavy atom. The molecule has 0 spiro atoms. The molecular formula is C27H38N2O10. The third kappa shape index (κ3) is 13.2. The van der Waals surface area contributed by atoms with E-state index in [0.717, 1.165) is 0 Å². The SMILES string of the molecule is C=C(C)C(=O)OC(O)(CC(=O)C(=O)C(CC(C)(C)CC(C)CCCC(=O)C(=O)CCO)=[N+]=[N-])OC(=O)C(=C)C. The lowest BCUT2D eigenvalue weighted by atomic mass is 9.77. The number of hydrogen-bond donors (Lipinski definition) is 2. The summed E-state index contributed by atoms with van der Waals surface area (Å²) in [6.45, 7) is 14.2. The highest BCUT2D eigenvalue weighted by atomic mass is 16.8. The van der Waals surface area contributed by atoms with Gasteiger partial charge in [0, 0.05) is 24.0 Å². The van der Waals surface area contributed by atoms with Crippen molar-refractivity contribution in [1.29, 1.82) is 0 Å². The highest BCUT2D eigenvalue weighted by Crippen LogP contribution is 2.32. The predicted molar refractivity (Wildman–Crippen MR) is 138 cm³/mol. The van der Waals surface area contributed by atoms with Gasteiger partial charge in [-0.1, -0.05) is 40.3 Å². The van der Waals surface area contributed by atoms with Crippen LogP contribution < -0.4 is 0 Å². The van der Waals surface area contributed by atoms with E-state index in [1.54, 1.807) is 13.8 Å². The fourth-order valence-corrected chi connectivity index (χ4v) is 3.72. The monoisotopic (exact) mass is 550 g/mol. The maximum absolute atomic E-state index is 12.8. The number of carbonyl (C=O) groups excluding carboxylic acids is 6. The number of aliphatic hydroxyl groups excluding tert-OH is 1. The molecule has 0 aromatic heterocycles. The quantitative estimate of drug-likeness (QED) is 0.0457. The Hall–Kier alpha value is -3.60. The smallest absolute Gasteiger partial charge is 0.381 e. The molecule has 0 radical (unpaired) electrons. The molecule has 0 aliphatic heterocycles. The van der Waals surface area contributed by atoms with Crippen molar-refractivity contribution in [1.82, 2.24) is 0 Å². The Labute approximate surface area is 227 Å². The van der Waals surface area contributed by atoms with Gasteiger partial charge in [-0.2, -0.15) is 4.79 Å². The van der Waals surface area contributed by atoms with E-state index in [9.17, 15) is 39.4 Å². The van der Waals surface area contributed by atoms with Crippen molar-refractivity contribution >= 4 is 40.8 Å². The van der Waals surface area contributed by atoms with E-state index in [4.69, 9.17) is 14.6 Å². The lowest BCUT2D eigenvalue weighted by molar-refractivity contribution is -0.319. The summed E-state index contributed by atoms with van der Waals surface area (Å²) in [7, 11) is 0. The number of nitrogens with zero attached hydrogens (tertiary/aromatic N) is 2. The second-order valence-electron chi connectivity index (χ2n) is 10.4. The van der Waals surface area contributed by atoms with Gasteiger partial charge >= 0.3 is 29.4 Å². The van der Waals surface area contributed by atoms with Crippen molar-refractivity contribution in [3.05, 3.63) is 29.8 Å². The maximum atomic E-state index is 12.8. The van der Waals surface area contributed by atoms with Crippen molar-refractivity contribution in [3.63, 3.8) is 0 Å². The molecule has 0 amide bonds. The van der Waals surface area contributed by atoms with Crippen LogP contribution in [0.3, 0.4) is 0 Å². The highest BCUT2D eigenvalue weighted by Gasteiger charge is 2.44. The molecular weight excluding hydrogens is 512 g/mol. The van der Waals surface area contributed by atoms with Crippen LogP contribution in [0.1, 0.15) is 79.6 Å². The van der Waals surface area contributed by atoms with Gasteiger partial charge in [-0.05, 0) is 38.0 Å². The van der Waals surface area contributed by atoms with Gasteiger partial charge < -0.3 is 25.2 Å². The summed E-state index contributed by atoms with van der Waals surface area (Å²) in [6.07, 6.45) is -0.0746. The first-order chi connectivity index (χ1) is 17.9. The summed E-state index contributed by atoms with van der Waals surface area (Å²) >= 11 is 0. The molecule has 0 bridgehead atoms. The number of ketones is 4. The average molecular weight is 551 g/mol. The van der Waals surface area contributed by atoms with Crippen molar-refractivity contribution in [2.75, 3.05) is 6.61 Å². The summed E-state index contributed by atoms with van der Waals surface area (Å²) in [5.41, 5.74) is 7.88. The van der Waals surface area contributed by atoms with Gasteiger partial charge in [0.1, 0.15) is 6.42 Å². The minimum atomic E-state index is -3.14. The van der Waals surface area contributed by atoms with Crippen LogP contribution >= 0.6 is 0 Å². The lowest BCUT2D eigenvalue weighted by Gasteiger charge is -2.27. The number of carbonyl (C=O) groups is 6. The van der Waals surface area contributed by atoms with Crippen molar-refractivity contribution in [2.24, 2.45) is 11.3 Å². The highest BCUT2D eigenvalue weighted by molar-refractivity contribution is 6.64. The number of esters is 2. The Morgan fingerprint density at radius 3 is 1.82 bits per heavy atom. The largest absolute Gasteiger partial charge is 0.396 e. The summed E-state index contributed by atoms with van der Waals surface area (Å²) in [4.78, 5) is 75.5. The van der Waals surface area contributed by atoms with Crippen LogP contribution in [0.15, 0.2) is 24.3 Å².